The van der Waals surface area contributed by atoms with Gasteiger partial charge in [0.05, 0.1) is 0 Å². The lowest BCUT2D eigenvalue weighted by atomic mass is 10.0. The molecule has 0 N–H and O–H groups in total. The Kier molecular flexibility index (Phi) is 5.45. The summed E-state index contributed by atoms with van der Waals surface area (Å²) in [5.41, 5.74) is 0. The van der Waals surface area contributed by atoms with Crippen molar-refractivity contribution in [1.82, 2.24) is 8.61 Å². The van der Waals surface area contributed by atoms with Crippen molar-refractivity contribution in [3.05, 3.63) is 0 Å². The number of hydrogen-bond acceptors (Lipinski definition) is 3. The smallest absolute Gasteiger partial charge is 0.195 e. The third-order valence-corrected chi connectivity index (χ3v) is 8.14. The van der Waals surface area contributed by atoms with Gasteiger partial charge in [-0.3, -0.25) is 0 Å². The molecular formula is C12H23ClN2O2S2. The first-order valence-electron chi connectivity index (χ1n) is 6.91. The average Bonchev–Trinajstić information content (AvgIpc) is 2.41. The maximum atomic E-state index is 12.7. The Morgan fingerprint density at radius 2 is 1.84 bits per heavy atom. The first-order valence-corrected chi connectivity index (χ1v) is 9.89. The highest BCUT2D eigenvalue weighted by Crippen LogP contribution is 2.29. The minimum absolute atomic E-state index is 0.0782. The number of hydrogen-bond donors (Lipinski definition) is 0. The van der Waals surface area contributed by atoms with Crippen LogP contribution in [0.1, 0.15) is 26.7 Å². The summed E-state index contributed by atoms with van der Waals surface area (Å²) in [6, 6.07) is 0.0782. The van der Waals surface area contributed by atoms with Crippen molar-refractivity contribution in [2.45, 2.75) is 38.0 Å². The first-order chi connectivity index (χ1) is 8.96. The lowest BCUT2D eigenvalue weighted by Crippen LogP contribution is -2.54. The molecule has 0 aromatic heterocycles. The number of rotatable bonds is 3. The Balaban J connectivity index is 2.05. The van der Waals surface area contributed by atoms with E-state index in [2.05, 4.69) is 6.92 Å². The second kappa shape index (κ2) is 6.52. The van der Waals surface area contributed by atoms with Crippen LogP contribution in [0, 0.1) is 5.92 Å². The summed E-state index contributed by atoms with van der Waals surface area (Å²) in [6.07, 6.45) is 1.77. The van der Waals surface area contributed by atoms with Crippen molar-refractivity contribution in [2.75, 3.05) is 31.3 Å². The van der Waals surface area contributed by atoms with Crippen LogP contribution in [0.4, 0.5) is 0 Å². The van der Waals surface area contributed by atoms with Gasteiger partial charge in [-0.1, -0.05) is 6.92 Å². The number of nitrogens with zero attached hydrogens (tertiary/aromatic N) is 2. The molecule has 0 aromatic rings. The highest BCUT2D eigenvalue weighted by molar-refractivity contribution is 8.00. The van der Waals surface area contributed by atoms with E-state index in [0.29, 0.717) is 36.7 Å². The monoisotopic (exact) mass is 326 g/mol. The summed E-state index contributed by atoms with van der Waals surface area (Å²) in [5.74, 6) is 2.01. The standard InChI is InChI=1S/C12H23ClN2O2S2/c1-10-11(2)18-8-7-15(10)19(16,17)14-5-3-12(9-13)4-6-14/h10-12H,3-9H2,1-2H3. The molecule has 2 heterocycles. The minimum Gasteiger partial charge on any atom is -0.195 e. The number of piperidine rings is 1. The molecule has 0 radical (unpaired) electrons. The van der Waals surface area contributed by atoms with Gasteiger partial charge in [0.15, 0.2) is 0 Å². The van der Waals surface area contributed by atoms with E-state index in [0.717, 1.165) is 18.6 Å². The van der Waals surface area contributed by atoms with E-state index in [-0.39, 0.29) is 6.04 Å². The van der Waals surface area contributed by atoms with E-state index in [1.165, 1.54) is 0 Å². The lowest BCUT2D eigenvalue weighted by Gasteiger charge is -2.40. The summed E-state index contributed by atoms with van der Waals surface area (Å²) in [6.45, 7) is 5.99. The maximum Gasteiger partial charge on any atom is 0.282 e. The highest BCUT2D eigenvalue weighted by Gasteiger charge is 2.38. The van der Waals surface area contributed by atoms with Crippen LogP contribution < -0.4 is 0 Å². The summed E-state index contributed by atoms with van der Waals surface area (Å²) in [4.78, 5) is 0. The molecule has 0 amide bonds. The molecule has 2 atom stereocenters. The fourth-order valence-corrected chi connectivity index (χ4v) is 6.17. The van der Waals surface area contributed by atoms with Crippen molar-refractivity contribution in [1.29, 1.82) is 0 Å². The van der Waals surface area contributed by atoms with Crippen LogP contribution in [0.2, 0.25) is 0 Å². The summed E-state index contributed by atoms with van der Waals surface area (Å²) in [5, 5.41) is 0.365. The van der Waals surface area contributed by atoms with Crippen LogP contribution in [0.3, 0.4) is 0 Å². The van der Waals surface area contributed by atoms with E-state index >= 15 is 0 Å². The second-order valence-electron chi connectivity index (χ2n) is 5.43. The number of thioether (sulfide) groups is 1. The number of halogens is 1. The van der Waals surface area contributed by atoms with Gasteiger partial charge in [-0.2, -0.15) is 28.8 Å². The third kappa shape index (κ3) is 3.40. The molecular weight excluding hydrogens is 304 g/mol. The average molecular weight is 327 g/mol. The van der Waals surface area contributed by atoms with Crippen LogP contribution in [0.5, 0.6) is 0 Å². The Bertz CT molecular complexity index is 397. The zero-order chi connectivity index (χ0) is 14.0. The summed E-state index contributed by atoms with van der Waals surface area (Å²) in [7, 11) is -3.29. The molecule has 0 aliphatic carbocycles. The zero-order valence-electron chi connectivity index (χ0n) is 11.6. The Morgan fingerprint density at radius 1 is 1.21 bits per heavy atom. The third-order valence-electron chi connectivity index (χ3n) is 4.24. The highest BCUT2D eigenvalue weighted by atomic mass is 35.5. The number of alkyl halides is 1. The molecule has 2 unspecified atom stereocenters. The van der Waals surface area contributed by atoms with E-state index in [9.17, 15) is 8.42 Å². The van der Waals surface area contributed by atoms with Crippen LogP contribution in [0.15, 0.2) is 0 Å². The van der Waals surface area contributed by atoms with Gasteiger partial charge in [-0.15, -0.1) is 11.6 Å². The van der Waals surface area contributed by atoms with Gasteiger partial charge in [-0.05, 0) is 25.7 Å². The minimum atomic E-state index is -3.29. The zero-order valence-corrected chi connectivity index (χ0v) is 14.0. The van der Waals surface area contributed by atoms with Crippen molar-refractivity contribution in [2.24, 2.45) is 5.92 Å². The SMILES string of the molecule is CC1SCCN(S(=O)(=O)N2CCC(CCl)CC2)C1C. The molecule has 2 fully saturated rings. The van der Waals surface area contributed by atoms with Gasteiger partial charge in [0, 0.05) is 42.6 Å². The normalized spacial score (nSPS) is 32.6. The van der Waals surface area contributed by atoms with Gasteiger partial charge >= 0.3 is 0 Å². The first kappa shape index (κ1) is 15.9. The van der Waals surface area contributed by atoms with Gasteiger partial charge < -0.3 is 0 Å². The van der Waals surface area contributed by atoms with E-state index < -0.39 is 10.2 Å². The molecule has 2 rings (SSSR count). The van der Waals surface area contributed by atoms with Crippen LogP contribution >= 0.6 is 23.4 Å². The molecule has 112 valence electrons. The molecule has 0 spiro atoms. The van der Waals surface area contributed by atoms with E-state index in [1.54, 1.807) is 8.61 Å². The quantitative estimate of drug-likeness (QED) is 0.745. The predicted molar refractivity (Wildman–Crippen MR) is 82.0 cm³/mol. The fraction of sp³-hybridized carbons (Fsp3) is 1.00. The molecule has 0 bridgehead atoms. The molecule has 2 saturated heterocycles. The van der Waals surface area contributed by atoms with E-state index in [1.807, 2.05) is 18.7 Å². The van der Waals surface area contributed by atoms with Crippen LogP contribution in [-0.4, -0.2) is 59.6 Å². The molecule has 7 heteroatoms. The van der Waals surface area contributed by atoms with Crippen LogP contribution in [0.25, 0.3) is 0 Å². The largest absolute Gasteiger partial charge is 0.282 e. The fourth-order valence-electron chi connectivity index (χ4n) is 2.67. The van der Waals surface area contributed by atoms with Crippen molar-refractivity contribution in [3.63, 3.8) is 0 Å². The van der Waals surface area contributed by atoms with E-state index in [4.69, 9.17) is 11.6 Å². The lowest BCUT2D eigenvalue weighted by molar-refractivity contribution is 0.250. The van der Waals surface area contributed by atoms with Crippen LogP contribution in [-0.2, 0) is 10.2 Å². The Hall–Kier alpha value is 0.510. The predicted octanol–water partition coefficient (Wildman–Crippen LogP) is 2.01. The molecule has 2 aliphatic rings. The topological polar surface area (TPSA) is 40.6 Å². The second-order valence-corrected chi connectivity index (χ2v) is 9.11. The Labute approximate surface area is 126 Å². The molecule has 4 nitrogen and oxygen atoms in total. The molecule has 2 aliphatic heterocycles. The molecule has 0 saturated carbocycles. The van der Waals surface area contributed by atoms with Crippen molar-refractivity contribution >= 4 is 33.6 Å². The molecule has 19 heavy (non-hydrogen) atoms. The van der Waals surface area contributed by atoms with Gasteiger partial charge in [0.25, 0.3) is 10.2 Å². The maximum absolute atomic E-state index is 12.7. The van der Waals surface area contributed by atoms with Gasteiger partial charge in [0.2, 0.25) is 0 Å². The Morgan fingerprint density at radius 3 is 2.42 bits per heavy atom. The van der Waals surface area contributed by atoms with Crippen molar-refractivity contribution in [3.8, 4) is 0 Å². The molecule has 0 aromatic carbocycles. The van der Waals surface area contributed by atoms with Crippen molar-refractivity contribution < 1.29 is 8.42 Å². The van der Waals surface area contributed by atoms with Gasteiger partial charge in [0.1, 0.15) is 0 Å². The van der Waals surface area contributed by atoms with Gasteiger partial charge in [-0.25, -0.2) is 0 Å². The summed E-state index contributed by atoms with van der Waals surface area (Å²) < 4.78 is 28.7. The summed E-state index contributed by atoms with van der Waals surface area (Å²) >= 11 is 7.71.